The highest BCUT2D eigenvalue weighted by atomic mass is 16.6. The van der Waals surface area contributed by atoms with Gasteiger partial charge < -0.3 is 29.5 Å². The molecule has 4 aliphatic heterocycles. The molecule has 0 aromatic heterocycles. The largest absolute Gasteiger partial charge is 0.494 e. The van der Waals surface area contributed by atoms with Crippen LogP contribution in [0.2, 0.25) is 0 Å². The molecule has 0 bridgehead atoms. The summed E-state index contributed by atoms with van der Waals surface area (Å²) in [4.78, 5) is 60.1. The van der Waals surface area contributed by atoms with E-state index < -0.39 is 23.5 Å². The number of amides is 4. The van der Waals surface area contributed by atoms with Crippen molar-refractivity contribution in [1.29, 1.82) is 5.41 Å². The molecule has 13 heteroatoms. The highest BCUT2D eigenvalue weighted by Crippen LogP contribution is 2.31. The minimum absolute atomic E-state index is 0.107. The van der Waals surface area contributed by atoms with Gasteiger partial charge in [0.2, 0.25) is 5.91 Å². The summed E-state index contributed by atoms with van der Waals surface area (Å²) in [6.07, 6.45) is 1.08. The lowest BCUT2D eigenvalue weighted by Gasteiger charge is -2.36. The summed E-state index contributed by atoms with van der Waals surface area (Å²) >= 11 is 0. The highest BCUT2D eigenvalue weighted by Gasteiger charge is 2.43. The summed E-state index contributed by atoms with van der Waals surface area (Å²) in [5, 5.41) is 10.6. The molecule has 4 aliphatic rings. The number of nitrogens with zero attached hydrogens (tertiary/aromatic N) is 5. The van der Waals surface area contributed by atoms with Crippen molar-refractivity contribution < 1.29 is 28.7 Å². The SMILES string of the molecule is CC(C)(C)OC(=O)N1CCN(c2ccc(OCCCN3CCN(c4ccc5c(c4)C(=O)N(C4CCC(=O)NC4=N)C5=O)CC3)cc2)CC1. The number of benzene rings is 2. The van der Waals surface area contributed by atoms with E-state index in [1.165, 1.54) is 0 Å². The number of imide groups is 1. The van der Waals surface area contributed by atoms with Crippen molar-refractivity contribution in [1.82, 2.24) is 20.0 Å². The van der Waals surface area contributed by atoms with Crippen molar-refractivity contribution in [2.24, 2.45) is 0 Å². The Morgan fingerprint density at radius 1 is 0.854 bits per heavy atom. The van der Waals surface area contributed by atoms with Crippen molar-refractivity contribution >= 4 is 41.0 Å². The van der Waals surface area contributed by atoms with Crippen LogP contribution >= 0.6 is 0 Å². The van der Waals surface area contributed by atoms with Crippen LogP contribution in [0.1, 0.15) is 60.7 Å². The third-order valence-electron chi connectivity index (χ3n) is 9.22. The summed E-state index contributed by atoms with van der Waals surface area (Å²) in [5.41, 5.74) is 2.23. The summed E-state index contributed by atoms with van der Waals surface area (Å²) < 4.78 is 11.5. The van der Waals surface area contributed by atoms with Crippen molar-refractivity contribution in [3.63, 3.8) is 0 Å². The van der Waals surface area contributed by atoms with E-state index in [9.17, 15) is 19.2 Å². The number of fused-ring (bicyclic) bond motifs is 1. The molecule has 0 spiro atoms. The molecule has 6 rings (SSSR count). The Balaban J connectivity index is 0.912. The molecule has 4 heterocycles. The molecule has 2 aromatic carbocycles. The number of piperazine rings is 2. The van der Waals surface area contributed by atoms with Gasteiger partial charge in [0.15, 0.2) is 0 Å². The van der Waals surface area contributed by atoms with Crippen molar-refractivity contribution in [3.05, 3.63) is 53.6 Å². The van der Waals surface area contributed by atoms with Crippen LogP contribution in [0.15, 0.2) is 42.5 Å². The van der Waals surface area contributed by atoms with E-state index in [0.29, 0.717) is 30.8 Å². The first-order valence-electron chi connectivity index (χ1n) is 16.8. The van der Waals surface area contributed by atoms with E-state index in [1.54, 1.807) is 17.0 Å². The second kappa shape index (κ2) is 13.8. The fourth-order valence-electron chi connectivity index (χ4n) is 6.63. The summed E-state index contributed by atoms with van der Waals surface area (Å²) in [6.45, 7) is 13.3. The van der Waals surface area contributed by atoms with Gasteiger partial charge in [-0.2, -0.15) is 0 Å². The Morgan fingerprint density at radius 2 is 1.48 bits per heavy atom. The molecular weight excluding hydrogens is 614 g/mol. The van der Waals surface area contributed by atoms with Crippen LogP contribution in [0.5, 0.6) is 5.75 Å². The standard InChI is InChI=1S/C35H45N7O6/c1-35(2,3)48-34(46)41-20-18-39(19-21-41)24-5-8-26(9-6-24)47-22-4-13-38-14-16-40(17-15-38)25-7-10-27-28(23-25)33(45)42(32(27)44)29-11-12-30(43)37-31(29)36/h5-10,23,29H,4,11-22H2,1-3H3,(H2,36,37,43). The Hall–Kier alpha value is -4.65. The second-order valence-corrected chi connectivity index (χ2v) is 13.7. The maximum atomic E-state index is 13.3. The maximum absolute atomic E-state index is 13.3. The zero-order valence-corrected chi connectivity index (χ0v) is 28.0. The molecule has 48 heavy (non-hydrogen) atoms. The number of hydrogen-bond acceptors (Lipinski definition) is 10. The fourth-order valence-corrected chi connectivity index (χ4v) is 6.63. The van der Waals surface area contributed by atoms with Gasteiger partial charge >= 0.3 is 6.09 Å². The Labute approximate surface area is 281 Å². The van der Waals surface area contributed by atoms with Crippen LogP contribution < -0.4 is 19.9 Å². The van der Waals surface area contributed by atoms with E-state index in [1.807, 2.05) is 39.0 Å². The Kier molecular flexibility index (Phi) is 9.58. The molecule has 3 saturated heterocycles. The smallest absolute Gasteiger partial charge is 0.410 e. The zero-order valence-electron chi connectivity index (χ0n) is 28.0. The first kappa shape index (κ1) is 33.3. The average molecular weight is 660 g/mol. The van der Waals surface area contributed by atoms with Crippen molar-refractivity contribution in [2.75, 3.05) is 75.3 Å². The lowest BCUT2D eigenvalue weighted by molar-refractivity contribution is -0.120. The molecule has 4 amide bonds. The third-order valence-corrected chi connectivity index (χ3v) is 9.22. The predicted octanol–water partition coefficient (Wildman–Crippen LogP) is 3.19. The van der Waals surface area contributed by atoms with Crippen LogP contribution in [0.25, 0.3) is 0 Å². The fraction of sp³-hybridized carbons (Fsp3) is 0.514. The van der Waals surface area contributed by atoms with Crippen LogP contribution in [0.3, 0.4) is 0 Å². The minimum Gasteiger partial charge on any atom is -0.494 e. The van der Waals surface area contributed by atoms with Crippen LogP contribution in [0, 0.1) is 5.41 Å². The molecule has 0 radical (unpaired) electrons. The van der Waals surface area contributed by atoms with Gasteiger partial charge in [-0.05, 0) is 76.1 Å². The Bertz CT molecular complexity index is 1560. The first-order chi connectivity index (χ1) is 23.0. The van der Waals surface area contributed by atoms with Gasteiger partial charge in [-0.15, -0.1) is 0 Å². The van der Waals surface area contributed by atoms with Crippen LogP contribution in [-0.4, -0.2) is 122 Å². The molecule has 256 valence electrons. The monoisotopic (exact) mass is 659 g/mol. The number of carbonyl (C=O) groups excluding carboxylic acids is 4. The topological polar surface area (TPSA) is 139 Å². The molecule has 13 nitrogen and oxygen atoms in total. The van der Waals surface area contributed by atoms with E-state index >= 15 is 0 Å². The third kappa shape index (κ3) is 7.40. The minimum atomic E-state index is -0.745. The summed E-state index contributed by atoms with van der Waals surface area (Å²) in [5.74, 6) is -0.356. The number of hydrogen-bond donors (Lipinski definition) is 2. The summed E-state index contributed by atoms with van der Waals surface area (Å²) in [7, 11) is 0. The lowest BCUT2D eigenvalue weighted by Crippen LogP contribution is -2.53. The van der Waals surface area contributed by atoms with Gasteiger partial charge in [0.25, 0.3) is 11.8 Å². The van der Waals surface area contributed by atoms with Crippen molar-refractivity contribution in [3.8, 4) is 5.75 Å². The zero-order chi connectivity index (χ0) is 34.0. The number of anilines is 2. The van der Waals surface area contributed by atoms with E-state index in [4.69, 9.17) is 14.9 Å². The molecule has 2 N–H and O–H groups in total. The second-order valence-electron chi connectivity index (χ2n) is 13.7. The Morgan fingerprint density at radius 3 is 2.15 bits per heavy atom. The van der Waals surface area contributed by atoms with E-state index in [0.717, 1.165) is 74.3 Å². The number of ether oxygens (including phenoxy) is 2. The quantitative estimate of drug-likeness (QED) is 0.323. The van der Waals surface area contributed by atoms with Gasteiger partial charge in [0, 0.05) is 76.7 Å². The lowest BCUT2D eigenvalue weighted by atomic mass is 10.0. The molecule has 0 saturated carbocycles. The molecule has 2 aromatic rings. The number of nitrogens with one attached hydrogen (secondary N) is 2. The molecular formula is C35H45N7O6. The first-order valence-corrected chi connectivity index (χ1v) is 16.8. The normalized spacial score (nSPS) is 20.6. The number of piperidine rings is 1. The van der Waals surface area contributed by atoms with Crippen LogP contribution in [-0.2, 0) is 9.53 Å². The average Bonchev–Trinajstić information content (AvgIpc) is 3.31. The van der Waals surface area contributed by atoms with Gasteiger partial charge in [0.1, 0.15) is 17.2 Å². The molecule has 1 unspecified atom stereocenters. The molecule has 1 atom stereocenters. The molecule has 0 aliphatic carbocycles. The summed E-state index contributed by atoms with van der Waals surface area (Å²) in [6, 6.07) is 12.8. The van der Waals surface area contributed by atoms with Crippen LogP contribution in [0.4, 0.5) is 16.2 Å². The van der Waals surface area contributed by atoms with Gasteiger partial charge in [-0.3, -0.25) is 29.6 Å². The number of amidine groups is 1. The van der Waals surface area contributed by atoms with Gasteiger partial charge in [-0.1, -0.05) is 0 Å². The number of carbonyl (C=O) groups is 4. The maximum Gasteiger partial charge on any atom is 0.410 e. The highest BCUT2D eigenvalue weighted by molar-refractivity contribution is 6.24. The van der Waals surface area contributed by atoms with Crippen molar-refractivity contribution in [2.45, 2.75) is 51.7 Å². The van der Waals surface area contributed by atoms with E-state index in [2.05, 4.69) is 32.1 Å². The predicted molar refractivity (Wildman–Crippen MR) is 181 cm³/mol. The molecule has 3 fully saturated rings. The number of rotatable bonds is 8. The van der Waals surface area contributed by atoms with Gasteiger partial charge in [-0.25, -0.2) is 4.79 Å². The van der Waals surface area contributed by atoms with E-state index in [-0.39, 0.29) is 30.7 Å². The van der Waals surface area contributed by atoms with Gasteiger partial charge in [0.05, 0.1) is 23.8 Å².